The third kappa shape index (κ3) is 5.07. The standard InChI is InChI=1S/C20H28N2OS/c1-23-20-10-4-3-8-18(20)16-22(17-19-9-7-15-24-19)14-13-21-11-5-2-6-12-21/h3-4,7-10,15H,2,5-6,11-14,16-17H2,1H3. The molecule has 0 atom stereocenters. The maximum atomic E-state index is 5.54. The predicted octanol–water partition coefficient (Wildman–Crippen LogP) is 4.24. The van der Waals surface area contributed by atoms with Crippen molar-refractivity contribution in [3.05, 3.63) is 52.2 Å². The number of methoxy groups -OCH3 is 1. The lowest BCUT2D eigenvalue weighted by atomic mass is 10.1. The molecule has 0 N–H and O–H groups in total. The van der Waals surface area contributed by atoms with Crippen LogP contribution < -0.4 is 4.74 Å². The van der Waals surface area contributed by atoms with Gasteiger partial charge in [-0.3, -0.25) is 4.90 Å². The van der Waals surface area contributed by atoms with Gasteiger partial charge in [-0.15, -0.1) is 11.3 Å². The maximum Gasteiger partial charge on any atom is 0.123 e. The van der Waals surface area contributed by atoms with Gasteiger partial charge in [-0.2, -0.15) is 0 Å². The molecule has 1 aromatic carbocycles. The lowest BCUT2D eigenvalue weighted by molar-refractivity contribution is 0.173. The van der Waals surface area contributed by atoms with Crippen LogP contribution in [0.2, 0.25) is 0 Å². The number of rotatable bonds is 8. The molecule has 0 aliphatic carbocycles. The van der Waals surface area contributed by atoms with Crippen molar-refractivity contribution in [1.29, 1.82) is 0 Å². The zero-order valence-corrected chi connectivity index (χ0v) is 15.4. The van der Waals surface area contributed by atoms with Crippen molar-refractivity contribution in [2.75, 3.05) is 33.3 Å². The van der Waals surface area contributed by atoms with Gasteiger partial charge >= 0.3 is 0 Å². The topological polar surface area (TPSA) is 15.7 Å². The number of piperidine rings is 1. The number of benzene rings is 1. The van der Waals surface area contributed by atoms with Gasteiger partial charge in [0.15, 0.2) is 0 Å². The molecule has 130 valence electrons. The fourth-order valence-corrected chi connectivity index (χ4v) is 4.12. The lowest BCUT2D eigenvalue weighted by Gasteiger charge is -2.30. The van der Waals surface area contributed by atoms with Gasteiger partial charge in [0.2, 0.25) is 0 Å². The van der Waals surface area contributed by atoms with Crippen molar-refractivity contribution in [2.45, 2.75) is 32.4 Å². The summed E-state index contributed by atoms with van der Waals surface area (Å²) in [6.07, 6.45) is 4.12. The smallest absolute Gasteiger partial charge is 0.123 e. The first kappa shape index (κ1) is 17.5. The SMILES string of the molecule is COc1ccccc1CN(CCN1CCCCC1)Cc1cccs1. The zero-order chi connectivity index (χ0) is 16.6. The fraction of sp³-hybridized carbons (Fsp3) is 0.500. The minimum absolute atomic E-state index is 0.940. The van der Waals surface area contributed by atoms with Crippen molar-refractivity contribution in [1.82, 2.24) is 9.80 Å². The summed E-state index contributed by atoms with van der Waals surface area (Å²) >= 11 is 1.85. The summed E-state index contributed by atoms with van der Waals surface area (Å²) in [7, 11) is 1.76. The van der Waals surface area contributed by atoms with E-state index in [0.717, 1.165) is 25.4 Å². The van der Waals surface area contributed by atoms with Gasteiger partial charge in [0.1, 0.15) is 5.75 Å². The Morgan fingerprint density at radius 2 is 1.88 bits per heavy atom. The van der Waals surface area contributed by atoms with Crippen LogP contribution in [0.1, 0.15) is 29.7 Å². The first-order valence-electron chi connectivity index (χ1n) is 8.94. The molecule has 0 unspecified atom stereocenters. The van der Waals surface area contributed by atoms with Crippen LogP contribution in [0.3, 0.4) is 0 Å². The lowest BCUT2D eigenvalue weighted by Crippen LogP contribution is -2.37. The molecular formula is C20H28N2OS. The van der Waals surface area contributed by atoms with E-state index in [2.05, 4.69) is 45.5 Å². The Labute approximate surface area is 149 Å². The molecule has 1 aromatic heterocycles. The minimum atomic E-state index is 0.940. The summed E-state index contributed by atoms with van der Waals surface area (Å²) in [5.41, 5.74) is 1.27. The van der Waals surface area contributed by atoms with E-state index in [-0.39, 0.29) is 0 Å². The summed E-state index contributed by atoms with van der Waals surface area (Å²) in [5.74, 6) is 0.992. The fourth-order valence-electron chi connectivity index (χ4n) is 3.38. The molecule has 0 radical (unpaired) electrons. The molecule has 2 aromatic rings. The highest BCUT2D eigenvalue weighted by Gasteiger charge is 2.14. The quantitative estimate of drug-likeness (QED) is 0.712. The molecule has 0 saturated carbocycles. The second kappa shape index (κ2) is 9.21. The highest BCUT2D eigenvalue weighted by atomic mass is 32.1. The molecule has 4 heteroatoms. The predicted molar refractivity (Wildman–Crippen MR) is 102 cm³/mol. The average molecular weight is 345 g/mol. The van der Waals surface area contributed by atoms with E-state index in [4.69, 9.17) is 4.74 Å². The number of nitrogens with zero attached hydrogens (tertiary/aromatic N) is 2. The van der Waals surface area contributed by atoms with Crippen molar-refractivity contribution in [2.24, 2.45) is 0 Å². The zero-order valence-electron chi connectivity index (χ0n) is 14.6. The Hall–Kier alpha value is -1.36. The minimum Gasteiger partial charge on any atom is -0.496 e. The van der Waals surface area contributed by atoms with E-state index in [0.29, 0.717) is 0 Å². The number of ether oxygens (including phenoxy) is 1. The van der Waals surface area contributed by atoms with E-state index in [9.17, 15) is 0 Å². The van der Waals surface area contributed by atoms with E-state index in [1.54, 1.807) is 7.11 Å². The van der Waals surface area contributed by atoms with Gasteiger partial charge in [-0.05, 0) is 43.4 Å². The van der Waals surface area contributed by atoms with Gasteiger partial charge in [-0.25, -0.2) is 0 Å². The summed E-state index contributed by atoms with van der Waals surface area (Å²) < 4.78 is 5.54. The van der Waals surface area contributed by atoms with Crippen LogP contribution in [0.4, 0.5) is 0 Å². The van der Waals surface area contributed by atoms with Crippen LogP contribution in [-0.4, -0.2) is 43.1 Å². The normalized spacial score (nSPS) is 15.8. The second-order valence-electron chi connectivity index (χ2n) is 6.50. The van der Waals surface area contributed by atoms with Crippen molar-refractivity contribution < 1.29 is 4.74 Å². The van der Waals surface area contributed by atoms with E-state index in [1.165, 1.54) is 49.3 Å². The van der Waals surface area contributed by atoms with Crippen LogP contribution >= 0.6 is 11.3 Å². The molecule has 2 heterocycles. The van der Waals surface area contributed by atoms with E-state index in [1.807, 2.05) is 17.4 Å². The first-order chi connectivity index (χ1) is 11.8. The summed E-state index contributed by atoms with van der Waals surface area (Å²) in [5, 5.41) is 2.17. The van der Waals surface area contributed by atoms with Crippen LogP contribution in [0.5, 0.6) is 5.75 Å². The van der Waals surface area contributed by atoms with Gasteiger partial charge in [0.05, 0.1) is 7.11 Å². The monoisotopic (exact) mass is 344 g/mol. The molecule has 0 amide bonds. The molecule has 3 nitrogen and oxygen atoms in total. The van der Waals surface area contributed by atoms with E-state index < -0.39 is 0 Å². The molecule has 3 rings (SSSR count). The Balaban J connectivity index is 1.64. The van der Waals surface area contributed by atoms with Gasteiger partial charge in [0, 0.05) is 36.6 Å². The van der Waals surface area contributed by atoms with Gasteiger partial charge in [0.25, 0.3) is 0 Å². The molecule has 0 bridgehead atoms. The number of thiophene rings is 1. The highest BCUT2D eigenvalue weighted by molar-refractivity contribution is 7.09. The van der Waals surface area contributed by atoms with Crippen molar-refractivity contribution in [3.63, 3.8) is 0 Å². The van der Waals surface area contributed by atoms with E-state index >= 15 is 0 Å². The molecular weight excluding hydrogens is 316 g/mol. The molecule has 1 saturated heterocycles. The molecule has 24 heavy (non-hydrogen) atoms. The number of hydrogen-bond acceptors (Lipinski definition) is 4. The molecule has 1 aliphatic heterocycles. The maximum absolute atomic E-state index is 5.54. The average Bonchev–Trinajstić information content (AvgIpc) is 3.14. The second-order valence-corrected chi connectivity index (χ2v) is 7.54. The largest absolute Gasteiger partial charge is 0.496 e. The molecule has 1 fully saturated rings. The third-order valence-corrected chi connectivity index (χ3v) is 5.59. The Morgan fingerprint density at radius 1 is 1.04 bits per heavy atom. The molecule has 1 aliphatic rings. The van der Waals surface area contributed by atoms with Crippen molar-refractivity contribution >= 4 is 11.3 Å². The molecule has 0 spiro atoms. The van der Waals surface area contributed by atoms with Gasteiger partial charge in [-0.1, -0.05) is 30.7 Å². The Morgan fingerprint density at radius 3 is 2.62 bits per heavy atom. The van der Waals surface area contributed by atoms with Gasteiger partial charge < -0.3 is 9.64 Å². The highest BCUT2D eigenvalue weighted by Crippen LogP contribution is 2.21. The number of likely N-dealkylation sites (tertiary alicyclic amines) is 1. The first-order valence-corrected chi connectivity index (χ1v) is 9.82. The number of hydrogen-bond donors (Lipinski definition) is 0. The van der Waals surface area contributed by atoms with Crippen LogP contribution in [0, 0.1) is 0 Å². The van der Waals surface area contributed by atoms with Crippen molar-refractivity contribution in [3.8, 4) is 5.75 Å². The van der Waals surface area contributed by atoms with Crippen LogP contribution in [0.15, 0.2) is 41.8 Å². The Kier molecular flexibility index (Phi) is 6.70. The van der Waals surface area contributed by atoms with Crippen LogP contribution in [-0.2, 0) is 13.1 Å². The summed E-state index contributed by atoms with van der Waals surface area (Å²) in [4.78, 5) is 6.61. The Bertz CT molecular complexity index is 593. The van der Waals surface area contributed by atoms with Crippen LogP contribution in [0.25, 0.3) is 0 Å². The summed E-state index contributed by atoms with van der Waals surface area (Å²) in [6, 6.07) is 12.8. The number of para-hydroxylation sites is 1. The third-order valence-electron chi connectivity index (χ3n) is 4.73. The summed E-state index contributed by atoms with van der Waals surface area (Å²) in [6.45, 7) is 6.76.